The van der Waals surface area contributed by atoms with E-state index in [2.05, 4.69) is 37.8 Å². The molecule has 2 aromatic carbocycles. The summed E-state index contributed by atoms with van der Waals surface area (Å²) in [6.45, 7) is 5.47. The lowest BCUT2D eigenvalue weighted by molar-refractivity contribution is -0.135. The Morgan fingerprint density at radius 3 is 2.44 bits per heavy atom. The molecule has 6 rings (SSSR count). The number of benzene rings is 2. The van der Waals surface area contributed by atoms with Crippen LogP contribution in [0.1, 0.15) is 93.7 Å². The molecule has 0 spiro atoms. The van der Waals surface area contributed by atoms with Crippen molar-refractivity contribution < 1.29 is 33.4 Å². The Labute approximate surface area is 332 Å². The first-order chi connectivity index (χ1) is 27.6. The molecule has 15 heteroatoms. The zero-order valence-corrected chi connectivity index (χ0v) is 33.2. The Morgan fingerprint density at radius 2 is 1.68 bits per heavy atom. The summed E-state index contributed by atoms with van der Waals surface area (Å²) in [5.41, 5.74) is 5.05. The van der Waals surface area contributed by atoms with E-state index in [1.54, 1.807) is 6.20 Å². The maximum Gasteiger partial charge on any atom is 0.407 e. The van der Waals surface area contributed by atoms with Gasteiger partial charge >= 0.3 is 12.2 Å². The van der Waals surface area contributed by atoms with Crippen LogP contribution in [0.2, 0.25) is 0 Å². The second-order valence-electron chi connectivity index (χ2n) is 14.8. The fourth-order valence-corrected chi connectivity index (χ4v) is 7.36. The van der Waals surface area contributed by atoms with Crippen LogP contribution in [0.25, 0.3) is 22.3 Å². The van der Waals surface area contributed by atoms with Crippen LogP contribution < -0.4 is 16.0 Å². The van der Waals surface area contributed by atoms with Crippen molar-refractivity contribution in [3.8, 4) is 23.1 Å². The van der Waals surface area contributed by atoms with Crippen LogP contribution in [0.15, 0.2) is 48.7 Å². The Morgan fingerprint density at radius 1 is 0.930 bits per heavy atom. The molecule has 0 radical (unpaired) electrons. The maximum absolute atomic E-state index is 13.7. The van der Waals surface area contributed by atoms with Gasteiger partial charge in [0.05, 0.1) is 49.2 Å². The fourth-order valence-electron chi connectivity index (χ4n) is 7.36. The van der Waals surface area contributed by atoms with Crippen LogP contribution in [0.3, 0.4) is 0 Å². The number of carbonyl (C=O) groups excluding carboxylic acids is 4. The number of nitrogens with one attached hydrogen (secondary N) is 4. The third kappa shape index (κ3) is 9.93. The molecule has 4 heterocycles. The van der Waals surface area contributed by atoms with Crippen molar-refractivity contribution in [2.75, 3.05) is 34.0 Å². The van der Waals surface area contributed by atoms with Crippen molar-refractivity contribution in [3.63, 3.8) is 0 Å². The Kier molecular flexibility index (Phi) is 13.5. The first kappa shape index (κ1) is 40.8. The normalized spacial score (nSPS) is 19.7. The quantitative estimate of drug-likeness (QED) is 0.182. The topological polar surface area (TPSA) is 182 Å². The van der Waals surface area contributed by atoms with E-state index in [0.29, 0.717) is 38.4 Å². The van der Waals surface area contributed by atoms with Crippen molar-refractivity contribution in [2.45, 2.75) is 83.0 Å². The number of rotatable bonds is 7. The lowest BCUT2D eigenvalue weighted by Gasteiger charge is -2.30. The number of methoxy groups -OCH3 is 2. The molecule has 0 unspecified atom stereocenters. The van der Waals surface area contributed by atoms with Crippen LogP contribution in [-0.4, -0.2) is 94.5 Å². The van der Waals surface area contributed by atoms with Gasteiger partial charge in [0, 0.05) is 37.9 Å². The second kappa shape index (κ2) is 18.8. The van der Waals surface area contributed by atoms with E-state index in [0.717, 1.165) is 71.3 Å². The van der Waals surface area contributed by atoms with Gasteiger partial charge in [-0.25, -0.2) is 19.6 Å². The monoisotopic (exact) mass is 780 g/mol. The third-order valence-electron chi connectivity index (χ3n) is 10.6. The number of amides is 4. The number of imidazole rings is 2. The van der Waals surface area contributed by atoms with Crippen molar-refractivity contribution in [2.24, 2.45) is 13.0 Å². The molecule has 302 valence electrons. The molecule has 4 aromatic rings. The molecule has 4 N–H and O–H groups in total. The number of fused-ring (bicyclic) bond motifs is 1. The first-order valence-corrected chi connectivity index (χ1v) is 19.6. The number of aryl methyl sites for hydroxylation is 1. The number of aromatic nitrogens is 4. The van der Waals surface area contributed by atoms with E-state index in [-0.39, 0.29) is 23.8 Å². The Balaban J connectivity index is 1.14. The van der Waals surface area contributed by atoms with E-state index < -0.39 is 30.3 Å². The number of nitrogens with zero attached hydrogens (tertiary/aromatic N) is 4. The highest BCUT2D eigenvalue weighted by Gasteiger charge is 2.38. The molecule has 0 saturated carbocycles. The summed E-state index contributed by atoms with van der Waals surface area (Å²) in [4.78, 5) is 65.7. The molecule has 2 aromatic heterocycles. The van der Waals surface area contributed by atoms with Crippen LogP contribution >= 0.6 is 0 Å². The molecular weight excluding hydrogens is 729 g/mol. The van der Waals surface area contributed by atoms with E-state index in [1.165, 1.54) is 14.2 Å². The predicted octanol–water partition coefficient (Wildman–Crippen LogP) is 5.27. The number of ether oxygens (including phenoxy) is 3. The highest BCUT2D eigenvalue weighted by molar-refractivity contribution is 5.87. The van der Waals surface area contributed by atoms with E-state index in [9.17, 15) is 19.2 Å². The average Bonchev–Trinajstić information content (AvgIpc) is 3.97. The van der Waals surface area contributed by atoms with Gasteiger partial charge in [-0.05, 0) is 73.9 Å². The van der Waals surface area contributed by atoms with Crippen LogP contribution in [0.5, 0.6) is 0 Å². The molecule has 4 amide bonds. The maximum atomic E-state index is 13.7. The van der Waals surface area contributed by atoms with Crippen LogP contribution in [0.4, 0.5) is 9.59 Å². The molecule has 4 atom stereocenters. The Hall–Kier alpha value is -5.88. The minimum absolute atomic E-state index is 0.117. The predicted molar refractivity (Wildman–Crippen MR) is 213 cm³/mol. The largest absolute Gasteiger partial charge is 0.453 e. The molecule has 57 heavy (non-hydrogen) atoms. The van der Waals surface area contributed by atoms with Gasteiger partial charge in [0.1, 0.15) is 23.7 Å². The molecule has 0 aliphatic carbocycles. The summed E-state index contributed by atoms with van der Waals surface area (Å²) in [5, 5.41) is 8.42. The van der Waals surface area contributed by atoms with Crippen molar-refractivity contribution in [1.29, 1.82) is 0 Å². The minimum atomic E-state index is -0.714. The highest BCUT2D eigenvalue weighted by Crippen LogP contribution is 2.34. The smallest absolute Gasteiger partial charge is 0.407 e. The van der Waals surface area contributed by atoms with E-state index >= 15 is 0 Å². The summed E-state index contributed by atoms with van der Waals surface area (Å²) in [7, 11) is 4.53. The highest BCUT2D eigenvalue weighted by atomic mass is 16.5. The summed E-state index contributed by atoms with van der Waals surface area (Å²) in [6.07, 6.45) is 5.63. The molecule has 2 fully saturated rings. The average molecular weight is 781 g/mol. The minimum Gasteiger partial charge on any atom is -0.453 e. The summed E-state index contributed by atoms with van der Waals surface area (Å²) >= 11 is 0. The number of alkyl carbamates (subject to hydrolysis) is 2. The van der Waals surface area contributed by atoms with Gasteiger partial charge in [0.25, 0.3) is 0 Å². The lowest BCUT2D eigenvalue weighted by Crippen LogP contribution is -2.51. The Bertz CT molecular complexity index is 2110. The van der Waals surface area contributed by atoms with Gasteiger partial charge in [-0.15, -0.1) is 0 Å². The van der Waals surface area contributed by atoms with Crippen molar-refractivity contribution >= 4 is 35.0 Å². The number of hydrogen-bond acceptors (Lipinski definition) is 9. The summed E-state index contributed by atoms with van der Waals surface area (Å²) < 4.78 is 17.4. The summed E-state index contributed by atoms with van der Waals surface area (Å²) in [6, 6.07) is 11.7. The lowest BCUT2D eigenvalue weighted by atomic mass is 10.0. The molecule has 2 saturated heterocycles. The van der Waals surface area contributed by atoms with E-state index in [1.807, 2.05) is 72.8 Å². The first-order valence-electron chi connectivity index (χ1n) is 19.6. The van der Waals surface area contributed by atoms with Gasteiger partial charge < -0.3 is 44.6 Å². The standard InChI is InChI=1S/C42H52N8O7/c1-26(2)36(48-42(54)56-5)40(52)50-21-9-11-35(50)38-45-32-24-28(16-19-34(32)49(38)3)13-12-27-14-17-29(18-15-27)33-25-43-37(44-33)30-20-23-57-22-8-6-7-10-31(39(51)46-30)47-41(53)55-4/h14-19,24-26,30-31,35-36H,6-11,20-23H2,1-5H3,(H,43,44)(H,46,51)(H,47,53)(H,48,54)/t30-,31-,35-,36-/m0/s1. The second-order valence-corrected chi connectivity index (χ2v) is 14.8. The number of hydrogen-bond donors (Lipinski definition) is 4. The van der Waals surface area contributed by atoms with Gasteiger partial charge in [-0.1, -0.05) is 50.7 Å². The number of aromatic amines is 1. The molecule has 15 nitrogen and oxygen atoms in total. The van der Waals surface area contributed by atoms with Gasteiger partial charge in [0.2, 0.25) is 11.8 Å². The van der Waals surface area contributed by atoms with E-state index in [4.69, 9.17) is 19.2 Å². The van der Waals surface area contributed by atoms with Gasteiger partial charge in [-0.2, -0.15) is 0 Å². The number of H-pyrrole nitrogens is 1. The zero-order valence-electron chi connectivity index (χ0n) is 33.2. The SMILES string of the molecule is COC(=O)N[C@H]1CCCCCOCC[C@@H](c2ncc(-c3ccc(C#Cc4ccc5c(c4)nc([C@@H]4CCCN4C(=O)[C@@H](NC(=O)OC)C(C)C)n5C)cc3)[nH]2)NC1=O. The van der Waals surface area contributed by atoms with Crippen molar-refractivity contribution in [3.05, 3.63) is 71.4 Å². The molecule has 0 bridgehead atoms. The molecule has 2 aliphatic heterocycles. The number of likely N-dealkylation sites (tertiary alicyclic amines) is 1. The van der Waals surface area contributed by atoms with Crippen molar-refractivity contribution in [1.82, 2.24) is 40.4 Å². The molecule has 2 aliphatic rings. The van der Waals surface area contributed by atoms with Gasteiger partial charge in [0.15, 0.2) is 0 Å². The summed E-state index contributed by atoms with van der Waals surface area (Å²) in [5.74, 6) is 7.35. The van der Waals surface area contributed by atoms with Gasteiger partial charge in [-0.3, -0.25) is 9.59 Å². The number of carbonyl (C=O) groups is 4. The zero-order chi connectivity index (χ0) is 40.5. The van der Waals surface area contributed by atoms with Crippen LogP contribution in [0, 0.1) is 17.8 Å². The van der Waals surface area contributed by atoms with Crippen LogP contribution in [-0.2, 0) is 30.8 Å². The fraction of sp³-hybridized carbons (Fsp3) is 0.476. The third-order valence-corrected chi connectivity index (χ3v) is 10.6. The molecular formula is C42H52N8O7.